The minimum atomic E-state index is 0.407. The van der Waals surface area contributed by atoms with Gasteiger partial charge in [0.25, 0.3) is 0 Å². The number of hydrogen-bond acceptors (Lipinski definition) is 6. The number of hydrogen-bond donors (Lipinski definition) is 0. The van der Waals surface area contributed by atoms with E-state index in [0.717, 1.165) is 16.3 Å². The summed E-state index contributed by atoms with van der Waals surface area (Å²) >= 11 is 1.63. The average molecular weight is 304 g/mol. The molecule has 21 heavy (non-hydrogen) atoms. The molecule has 0 aliphatic heterocycles. The third-order valence-electron chi connectivity index (χ3n) is 3.12. The fourth-order valence-electron chi connectivity index (χ4n) is 2.02. The van der Waals surface area contributed by atoms with Crippen LogP contribution in [0, 0.1) is 13.8 Å². The van der Waals surface area contributed by atoms with Crippen LogP contribution in [0.1, 0.15) is 22.8 Å². The van der Waals surface area contributed by atoms with Crippen molar-refractivity contribution in [2.24, 2.45) is 0 Å². The van der Waals surface area contributed by atoms with Crippen molar-refractivity contribution in [3.63, 3.8) is 0 Å². The quantitative estimate of drug-likeness (QED) is 0.725. The van der Waals surface area contributed by atoms with Gasteiger partial charge in [0.15, 0.2) is 5.82 Å². The van der Waals surface area contributed by atoms with Gasteiger partial charge in [-0.3, -0.25) is 0 Å². The molecule has 0 saturated carbocycles. The highest BCUT2D eigenvalue weighted by atomic mass is 32.1. The minimum Gasteiger partial charge on any atom is -0.440 e. The van der Waals surface area contributed by atoms with Gasteiger partial charge in [-0.1, -0.05) is 0 Å². The van der Waals surface area contributed by atoms with Crippen LogP contribution >= 0.6 is 11.3 Å². The van der Waals surface area contributed by atoms with E-state index in [2.05, 4.69) is 28.1 Å². The molecular formula is C14H16N4O2S. The normalized spacial score (nSPS) is 11.2. The van der Waals surface area contributed by atoms with Crippen LogP contribution in [0.25, 0.3) is 10.8 Å². The fraction of sp³-hybridized carbons (Fsp3) is 0.357. The minimum absolute atomic E-state index is 0.407. The van der Waals surface area contributed by atoms with E-state index in [1.54, 1.807) is 29.5 Å². The van der Waals surface area contributed by atoms with Crippen LogP contribution < -0.4 is 0 Å². The summed E-state index contributed by atoms with van der Waals surface area (Å²) in [6.45, 7) is 4.92. The lowest BCUT2D eigenvalue weighted by atomic mass is 10.3. The summed E-state index contributed by atoms with van der Waals surface area (Å²) in [6, 6.07) is 2.06. The van der Waals surface area contributed by atoms with Gasteiger partial charge in [0.05, 0.1) is 11.4 Å². The van der Waals surface area contributed by atoms with Crippen LogP contribution in [-0.2, 0) is 17.9 Å². The molecule has 0 unspecified atom stereocenters. The van der Waals surface area contributed by atoms with E-state index >= 15 is 0 Å². The number of aryl methyl sites for hydroxylation is 2. The van der Waals surface area contributed by atoms with Crippen molar-refractivity contribution in [2.45, 2.75) is 27.0 Å². The molecule has 3 rings (SSSR count). The molecule has 0 saturated heterocycles. The van der Waals surface area contributed by atoms with Gasteiger partial charge in [-0.05, 0) is 30.9 Å². The van der Waals surface area contributed by atoms with Gasteiger partial charge >= 0.3 is 0 Å². The van der Waals surface area contributed by atoms with E-state index in [-0.39, 0.29) is 0 Å². The third-order valence-corrected chi connectivity index (χ3v) is 4.12. The van der Waals surface area contributed by atoms with E-state index in [9.17, 15) is 0 Å². The smallest absolute Gasteiger partial charge is 0.237 e. The van der Waals surface area contributed by atoms with Crippen molar-refractivity contribution >= 4 is 11.3 Å². The molecule has 0 atom stereocenters. The number of ether oxygens (including phenoxy) is 1. The molecule has 110 valence electrons. The van der Waals surface area contributed by atoms with Crippen molar-refractivity contribution in [2.75, 3.05) is 7.11 Å². The number of thiophene rings is 1. The van der Waals surface area contributed by atoms with Crippen molar-refractivity contribution < 1.29 is 9.15 Å². The van der Waals surface area contributed by atoms with Crippen LogP contribution in [-0.4, -0.2) is 26.9 Å². The summed E-state index contributed by atoms with van der Waals surface area (Å²) in [4.78, 5) is 9.83. The first-order valence-electron chi connectivity index (χ1n) is 6.55. The van der Waals surface area contributed by atoms with Gasteiger partial charge in [0, 0.05) is 7.11 Å². The molecule has 0 aromatic carbocycles. The highest BCUT2D eigenvalue weighted by Gasteiger charge is 2.15. The fourth-order valence-corrected chi connectivity index (χ4v) is 2.87. The Kier molecular flexibility index (Phi) is 3.85. The zero-order valence-corrected chi connectivity index (χ0v) is 13.0. The summed E-state index contributed by atoms with van der Waals surface area (Å²) in [7, 11) is 1.62. The molecule has 0 fully saturated rings. The van der Waals surface area contributed by atoms with Crippen molar-refractivity contribution in [1.29, 1.82) is 0 Å². The maximum Gasteiger partial charge on any atom is 0.237 e. The largest absolute Gasteiger partial charge is 0.440 e. The highest BCUT2D eigenvalue weighted by Crippen LogP contribution is 2.29. The Hall–Kier alpha value is -1.99. The zero-order valence-electron chi connectivity index (χ0n) is 12.2. The van der Waals surface area contributed by atoms with E-state index in [0.29, 0.717) is 24.9 Å². The molecular weight excluding hydrogens is 288 g/mol. The average Bonchev–Trinajstić information content (AvgIpc) is 3.13. The van der Waals surface area contributed by atoms with Crippen LogP contribution in [0.2, 0.25) is 0 Å². The summed E-state index contributed by atoms with van der Waals surface area (Å²) in [5.41, 5.74) is 2.04. The Bertz CT molecular complexity index is 744. The van der Waals surface area contributed by atoms with Gasteiger partial charge in [-0.15, -0.1) is 11.3 Å². The van der Waals surface area contributed by atoms with E-state index in [4.69, 9.17) is 9.15 Å². The first kappa shape index (κ1) is 14.0. The van der Waals surface area contributed by atoms with Crippen molar-refractivity contribution in [1.82, 2.24) is 19.7 Å². The van der Waals surface area contributed by atoms with Gasteiger partial charge in [-0.2, -0.15) is 5.10 Å². The second-order valence-electron chi connectivity index (χ2n) is 4.75. The van der Waals surface area contributed by atoms with Gasteiger partial charge < -0.3 is 9.15 Å². The lowest BCUT2D eigenvalue weighted by Gasteiger charge is -1.96. The summed E-state index contributed by atoms with van der Waals surface area (Å²) in [5, 5.41) is 6.37. The molecule has 0 amide bonds. The molecule has 0 bridgehead atoms. The van der Waals surface area contributed by atoms with Crippen LogP contribution in [0.5, 0.6) is 0 Å². The molecule has 6 nitrogen and oxygen atoms in total. The van der Waals surface area contributed by atoms with Crippen molar-refractivity contribution in [3.8, 4) is 10.8 Å². The van der Waals surface area contributed by atoms with E-state index in [1.807, 2.05) is 12.3 Å². The van der Waals surface area contributed by atoms with Gasteiger partial charge in [-0.25, -0.2) is 14.6 Å². The Morgan fingerprint density at radius 2 is 2.24 bits per heavy atom. The predicted octanol–water partition coefficient (Wildman–Crippen LogP) is 2.81. The summed E-state index contributed by atoms with van der Waals surface area (Å²) < 4.78 is 12.5. The Morgan fingerprint density at radius 1 is 1.38 bits per heavy atom. The Morgan fingerprint density at radius 3 is 2.95 bits per heavy atom. The lowest BCUT2D eigenvalue weighted by Crippen LogP contribution is -2.03. The Labute approximate surface area is 126 Å². The van der Waals surface area contributed by atoms with Crippen molar-refractivity contribution in [3.05, 3.63) is 40.6 Å². The highest BCUT2D eigenvalue weighted by molar-refractivity contribution is 7.13. The molecule has 0 aliphatic carbocycles. The zero-order chi connectivity index (χ0) is 14.8. The van der Waals surface area contributed by atoms with Crippen LogP contribution in [0.15, 0.2) is 22.2 Å². The maximum atomic E-state index is 5.78. The lowest BCUT2D eigenvalue weighted by molar-refractivity contribution is 0.177. The monoisotopic (exact) mass is 304 g/mol. The van der Waals surface area contributed by atoms with Gasteiger partial charge in [0.1, 0.15) is 24.4 Å². The molecule has 7 heteroatoms. The van der Waals surface area contributed by atoms with Gasteiger partial charge in [0.2, 0.25) is 5.89 Å². The summed E-state index contributed by atoms with van der Waals surface area (Å²) in [6.07, 6.45) is 1.68. The predicted molar refractivity (Wildman–Crippen MR) is 79.1 cm³/mol. The maximum absolute atomic E-state index is 5.78. The molecule has 3 aromatic rings. The Balaban J connectivity index is 1.82. The number of methoxy groups -OCH3 is 1. The van der Waals surface area contributed by atoms with E-state index in [1.165, 1.54) is 5.56 Å². The van der Waals surface area contributed by atoms with Crippen LogP contribution in [0.3, 0.4) is 0 Å². The SMILES string of the molecule is COCc1ncn(Cc2nc(-c3sccc3C)oc2C)n1. The second-order valence-corrected chi connectivity index (χ2v) is 5.66. The molecule has 0 N–H and O–H groups in total. The molecule has 3 aromatic heterocycles. The van der Waals surface area contributed by atoms with Crippen LogP contribution in [0.4, 0.5) is 0 Å². The standard InChI is InChI=1S/C14H16N4O2S/c1-9-4-5-21-13(9)14-16-11(10(2)20-14)6-18-8-15-12(17-18)7-19-3/h4-5,8H,6-7H2,1-3H3. The second kappa shape index (κ2) is 5.79. The molecule has 0 radical (unpaired) electrons. The molecule has 0 aliphatic rings. The first-order chi connectivity index (χ1) is 10.2. The number of nitrogens with zero attached hydrogens (tertiary/aromatic N) is 4. The van der Waals surface area contributed by atoms with E-state index < -0.39 is 0 Å². The first-order valence-corrected chi connectivity index (χ1v) is 7.43. The number of rotatable bonds is 5. The molecule has 0 spiro atoms. The number of aromatic nitrogens is 4. The number of oxazole rings is 1. The summed E-state index contributed by atoms with van der Waals surface area (Å²) in [5.74, 6) is 2.14. The molecule has 3 heterocycles. The topological polar surface area (TPSA) is 66.0 Å². The third kappa shape index (κ3) is 2.88.